The van der Waals surface area contributed by atoms with Crippen molar-refractivity contribution in [1.82, 2.24) is 4.98 Å². The topological polar surface area (TPSA) is 48.7 Å². The molecular formula is C12H7F2N3. The zero-order chi connectivity index (χ0) is 12.3. The van der Waals surface area contributed by atoms with Crippen molar-refractivity contribution in [1.29, 1.82) is 5.26 Å². The Balaban J connectivity index is 2.34. The highest BCUT2D eigenvalue weighted by atomic mass is 19.1. The van der Waals surface area contributed by atoms with E-state index in [-0.39, 0.29) is 5.56 Å². The second-order valence-electron chi connectivity index (χ2n) is 3.29. The third-order valence-electron chi connectivity index (χ3n) is 2.11. The Kier molecular flexibility index (Phi) is 2.97. The molecule has 0 atom stereocenters. The van der Waals surface area contributed by atoms with Gasteiger partial charge in [0, 0.05) is 18.0 Å². The number of benzene rings is 1. The van der Waals surface area contributed by atoms with Gasteiger partial charge in [-0.3, -0.25) is 0 Å². The van der Waals surface area contributed by atoms with Gasteiger partial charge in [0.05, 0.1) is 11.3 Å². The fraction of sp³-hybridized carbons (Fsp3) is 0. The zero-order valence-corrected chi connectivity index (χ0v) is 8.61. The van der Waals surface area contributed by atoms with Crippen LogP contribution in [0.25, 0.3) is 0 Å². The minimum absolute atomic E-state index is 0.155. The standard InChI is InChI=1S/C12H7F2N3/c13-9-1-2-11(8(5-9)7-15)17-10-3-4-16-12(14)6-10/h1-6H,(H,16,17). The Morgan fingerprint density at radius 2 is 2.00 bits per heavy atom. The second kappa shape index (κ2) is 4.58. The summed E-state index contributed by atoms with van der Waals surface area (Å²) < 4.78 is 25.7. The first-order valence-electron chi connectivity index (χ1n) is 4.77. The Labute approximate surface area is 96.3 Å². The number of pyridine rings is 1. The zero-order valence-electron chi connectivity index (χ0n) is 8.61. The second-order valence-corrected chi connectivity index (χ2v) is 3.29. The average molecular weight is 231 g/mol. The van der Waals surface area contributed by atoms with E-state index in [0.29, 0.717) is 11.4 Å². The molecule has 0 aliphatic heterocycles. The van der Waals surface area contributed by atoms with Crippen LogP contribution in [0.1, 0.15) is 5.56 Å². The Morgan fingerprint density at radius 1 is 1.18 bits per heavy atom. The monoisotopic (exact) mass is 231 g/mol. The predicted octanol–water partition coefficient (Wildman–Crippen LogP) is 2.98. The van der Waals surface area contributed by atoms with Gasteiger partial charge < -0.3 is 5.32 Å². The number of nitriles is 1. The minimum atomic E-state index is -0.629. The van der Waals surface area contributed by atoms with E-state index < -0.39 is 11.8 Å². The number of hydrogen-bond acceptors (Lipinski definition) is 3. The fourth-order valence-corrected chi connectivity index (χ4v) is 1.35. The summed E-state index contributed by atoms with van der Waals surface area (Å²) in [5.74, 6) is -1.12. The van der Waals surface area contributed by atoms with E-state index >= 15 is 0 Å². The van der Waals surface area contributed by atoms with Gasteiger partial charge in [0.2, 0.25) is 5.95 Å². The summed E-state index contributed by atoms with van der Waals surface area (Å²) in [4.78, 5) is 3.41. The first kappa shape index (κ1) is 11.0. The van der Waals surface area contributed by atoms with Gasteiger partial charge in [-0.1, -0.05) is 0 Å². The maximum atomic E-state index is 12.9. The normalized spacial score (nSPS) is 9.71. The predicted molar refractivity (Wildman–Crippen MR) is 58.6 cm³/mol. The lowest BCUT2D eigenvalue weighted by Crippen LogP contribution is -1.95. The average Bonchev–Trinajstić information content (AvgIpc) is 2.31. The summed E-state index contributed by atoms with van der Waals surface area (Å²) in [6.07, 6.45) is 1.30. The van der Waals surface area contributed by atoms with Gasteiger partial charge in [-0.15, -0.1) is 0 Å². The van der Waals surface area contributed by atoms with E-state index in [1.54, 1.807) is 6.07 Å². The Bertz CT molecular complexity index is 591. The van der Waals surface area contributed by atoms with E-state index in [4.69, 9.17) is 5.26 Å². The first-order valence-corrected chi connectivity index (χ1v) is 4.77. The number of hydrogen-bond donors (Lipinski definition) is 1. The van der Waals surface area contributed by atoms with Crippen LogP contribution in [-0.2, 0) is 0 Å². The Morgan fingerprint density at radius 3 is 2.71 bits per heavy atom. The van der Waals surface area contributed by atoms with Crippen LogP contribution in [0.4, 0.5) is 20.2 Å². The highest BCUT2D eigenvalue weighted by Gasteiger charge is 2.04. The van der Waals surface area contributed by atoms with Crippen LogP contribution in [0.5, 0.6) is 0 Å². The molecule has 2 rings (SSSR count). The molecule has 0 aliphatic carbocycles. The van der Waals surface area contributed by atoms with Crippen molar-refractivity contribution >= 4 is 11.4 Å². The quantitative estimate of drug-likeness (QED) is 0.808. The first-order chi connectivity index (χ1) is 8.19. The molecular weight excluding hydrogens is 224 g/mol. The molecule has 2 aromatic rings. The molecule has 0 fully saturated rings. The molecule has 0 spiro atoms. The molecule has 0 saturated heterocycles. The van der Waals surface area contributed by atoms with Crippen LogP contribution in [0.3, 0.4) is 0 Å². The van der Waals surface area contributed by atoms with E-state index in [0.717, 1.165) is 6.07 Å². The molecule has 1 aromatic heterocycles. The van der Waals surface area contributed by atoms with Gasteiger partial charge in [-0.25, -0.2) is 9.37 Å². The molecule has 17 heavy (non-hydrogen) atoms. The van der Waals surface area contributed by atoms with Crippen LogP contribution >= 0.6 is 0 Å². The molecule has 1 heterocycles. The summed E-state index contributed by atoms with van der Waals surface area (Å²) in [7, 11) is 0. The summed E-state index contributed by atoms with van der Waals surface area (Å²) in [5.41, 5.74) is 1.02. The smallest absolute Gasteiger partial charge is 0.214 e. The molecule has 1 N–H and O–H groups in total. The number of nitrogens with one attached hydrogen (secondary N) is 1. The summed E-state index contributed by atoms with van der Waals surface area (Å²) in [5, 5.41) is 11.7. The third-order valence-corrected chi connectivity index (χ3v) is 2.11. The van der Waals surface area contributed by atoms with Crippen molar-refractivity contribution < 1.29 is 8.78 Å². The van der Waals surface area contributed by atoms with Gasteiger partial charge in [0.25, 0.3) is 0 Å². The highest BCUT2D eigenvalue weighted by Crippen LogP contribution is 2.21. The molecule has 0 saturated carbocycles. The van der Waals surface area contributed by atoms with Crippen LogP contribution in [0.2, 0.25) is 0 Å². The van der Waals surface area contributed by atoms with Crippen LogP contribution in [-0.4, -0.2) is 4.98 Å². The third kappa shape index (κ3) is 2.55. The van der Waals surface area contributed by atoms with Crippen molar-refractivity contribution in [2.24, 2.45) is 0 Å². The van der Waals surface area contributed by atoms with Crippen molar-refractivity contribution in [3.63, 3.8) is 0 Å². The van der Waals surface area contributed by atoms with E-state index in [1.165, 1.54) is 24.4 Å². The van der Waals surface area contributed by atoms with Crippen molar-refractivity contribution in [3.05, 3.63) is 53.9 Å². The molecule has 0 amide bonds. The lowest BCUT2D eigenvalue weighted by molar-refractivity contribution is 0.584. The van der Waals surface area contributed by atoms with Gasteiger partial charge in [-0.05, 0) is 24.3 Å². The molecule has 0 aliphatic rings. The highest BCUT2D eigenvalue weighted by molar-refractivity contribution is 5.66. The van der Waals surface area contributed by atoms with Gasteiger partial charge in [0.1, 0.15) is 11.9 Å². The van der Waals surface area contributed by atoms with E-state index in [1.807, 2.05) is 6.07 Å². The lowest BCUT2D eigenvalue weighted by atomic mass is 10.2. The van der Waals surface area contributed by atoms with E-state index in [2.05, 4.69) is 10.3 Å². The SMILES string of the molecule is N#Cc1cc(F)ccc1Nc1ccnc(F)c1. The van der Waals surface area contributed by atoms with Crippen molar-refractivity contribution in [2.75, 3.05) is 5.32 Å². The van der Waals surface area contributed by atoms with Crippen LogP contribution in [0, 0.1) is 23.1 Å². The maximum Gasteiger partial charge on any atom is 0.214 e. The van der Waals surface area contributed by atoms with Gasteiger partial charge >= 0.3 is 0 Å². The molecule has 0 unspecified atom stereocenters. The summed E-state index contributed by atoms with van der Waals surface area (Å²) >= 11 is 0. The summed E-state index contributed by atoms with van der Waals surface area (Å²) in [6, 6.07) is 8.35. The number of rotatable bonds is 2. The molecule has 3 nitrogen and oxygen atoms in total. The Hall–Kier alpha value is -2.48. The van der Waals surface area contributed by atoms with Crippen molar-refractivity contribution in [2.45, 2.75) is 0 Å². The molecule has 0 bridgehead atoms. The number of nitrogens with zero attached hydrogens (tertiary/aromatic N) is 2. The van der Waals surface area contributed by atoms with Crippen molar-refractivity contribution in [3.8, 4) is 6.07 Å². The number of anilines is 2. The largest absolute Gasteiger partial charge is 0.354 e. The molecule has 5 heteroatoms. The minimum Gasteiger partial charge on any atom is -0.354 e. The molecule has 0 radical (unpaired) electrons. The molecule has 1 aromatic carbocycles. The van der Waals surface area contributed by atoms with Crippen LogP contribution < -0.4 is 5.32 Å². The summed E-state index contributed by atoms with van der Waals surface area (Å²) in [6.45, 7) is 0. The van der Waals surface area contributed by atoms with Gasteiger partial charge in [-0.2, -0.15) is 9.65 Å². The van der Waals surface area contributed by atoms with E-state index in [9.17, 15) is 8.78 Å². The molecule has 84 valence electrons. The lowest BCUT2D eigenvalue weighted by Gasteiger charge is -2.07. The number of halogens is 2. The van der Waals surface area contributed by atoms with Gasteiger partial charge in [0.15, 0.2) is 0 Å². The fourth-order valence-electron chi connectivity index (χ4n) is 1.35. The van der Waals surface area contributed by atoms with Crippen LogP contribution in [0.15, 0.2) is 36.5 Å². The number of aromatic nitrogens is 1. The maximum absolute atomic E-state index is 12.9.